The van der Waals surface area contributed by atoms with Crippen LogP contribution in [0.1, 0.15) is 11.1 Å². The molecule has 0 saturated heterocycles. The third-order valence-corrected chi connectivity index (χ3v) is 4.90. The Hall–Kier alpha value is -2.24. The topological polar surface area (TPSA) is 59.1 Å². The molecule has 4 nitrogen and oxygen atoms in total. The average molecular weight is 312 g/mol. The molecular weight excluding hydrogens is 296 g/mol. The highest BCUT2D eigenvalue weighted by molar-refractivity contribution is 7.89. The van der Waals surface area contributed by atoms with Gasteiger partial charge in [0.2, 0.25) is 10.0 Å². The van der Waals surface area contributed by atoms with E-state index >= 15 is 0 Å². The Morgan fingerprint density at radius 3 is 2.50 bits per heavy atom. The highest BCUT2D eigenvalue weighted by Gasteiger charge is 2.17. The van der Waals surface area contributed by atoms with E-state index in [1.165, 1.54) is 0 Å². The molecule has 3 rings (SSSR count). The molecule has 2 aromatic carbocycles. The van der Waals surface area contributed by atoms with Gasteiger partial charge < -0.3 is 0 Å². The Bertz CT molecular complexity index is 898. The average Bonchev–Trinajstić information content (AvgIpc) is 2.54. The molecule has 1 heterocycles. The quantitative estimate of drug-likeness (QED) is 0.805. The van der Waals surface area contributed by atoms with Crippen molar-refractivity contribution < 1.29 is 8.42 Å². The summed E-state index contributed by atoms with van der Waals surface area (Å²) in [5, 5.41) is 0.806. The zero-order chi connectivity index (χ0) is 15.6. The first-order valence-corrected chi connectivity index (χ1v) is 8.43. The van der Waals surface area contributed by atoms with Crippen molar-refractivity contribution >= 4 is 20.9 Å². The predicted molar refractivity (Wildman–Crippen MR) is 86.9 cm³/mol. The largest absolute Gasteiger partial charge is 0.255 e. The summed E-state index contributed by atoms with van der Waals surface area (Å²) in [5.74, 6) is 0. The van der Waals surface area contributed by atoms with E-state index in [-0.39, 0.29) is 11.4 Å². The number of nitrogens with one attached hydrogen (secondary N) is 1. The molecule has 1 aromatic heterocycles. The van der Waals surface area contributed by atoms with Crippen molar-refractivity contribution in [2.45, 2.75) is 18.4 Å². The van der Waals surface area contributed by atoms with Gasteiger partial charge in [-0.3, -0.25) is 4.98 Å². The zero-order valence-corrected chi connectivity index (χ0v) is 13.0. The number of hydrogen-bond donors (Lipinski definition) is 1. The second-order valence-electron chi connectivity index (χ2n) is 5.14. The van der Waals surface area contributed by atoms with Gasteiger partial charge in [0.15, 0.2) is 0 Å². The van der Waals surface area contributed by atoms with Gasteiger partial charge in [-0.1, -0.05) is 48.0 Å². The number of hydrogen-bond acceptors (Lipinski definition) is 3. The molecule has 0 aliphatic carbocycles. The summed E-state index contributed by atoms with van der Waals surface area (Å²) in [5.41, 5.74) is 2.55. The van der Waals surface area contributed by atoms with Crippen molar-refractivity contribution in [3.8, 4) is 0 Å². The molecule has 0 spiro atoms. The van der Waals surface area contributed by atoms with Gasteiger partial charge in [-0.25, -0.2) is 13.1 Å². The lowest BCUT2D eigenvalue weighted by atomic mass is 10.2. The molecule has 1 N–H and O–H groups in total. The lowest BCUT2D eigenvalue weighted by Gasteiger charge is -2.09. The summed E-state index contributed by atoms with van der Waals surface area (Å²) >= 11 is 0. The Balaban J connectivity index is 1.90. The highest BCUT2D eigenvalue weighted by Crippen LogP contribution is 2.20. The van der Waals surface area contributed by atoms with E-state index in [1.807, 2.05) is 43.3 Å². The van der Waals surface area contributed by atoms with Gasteiger partial charge in [-0.2, -0.15) is 0 Å². The summed E-state index contributed by atoms with van der Waals surface area (Å²) in [7, 11) is -3.61. The number of nitrogens with zero attached hydrogens (tertiary/aromatic N) is 1. The van der Waals surface area contributed by atoms with E-state index in [0.29, 0.717) is 5.52 Å². The summed E-state index contributed by atoms with van der Waals surface area (Å²) < 4.78 is 27.7. The molecule has 112 valence electrons. The van der Waals surface area contributed by atoms with Crippen LogP contribution in [0.5, 0.6) is 0 Å². The normalized spacial score (nSPS) is 11.7. The number of fused-ring (bicyclic) bond motifs is 1. The monoisotopic (exact) mass is 312 g/mol. The molecule has 0 amide bonds. The third kappa shape index (κ3) is 3.00. The summed E-state index contributed by atoms with van der Waals surface area (Å²) in [4.78, 5) is 4.40. The first-order valence-electron chi connectivity index (χ1n) is 6.95. The molecule has 0 saturated carbocycles. The fourth-order valence-corrected chi connectivity index (χ4v) is 3.45. The first-order chi connectivity index (χ1) is 10.6. The Morgan fingerprint density at radius 1 is 1.00 bits per heavy atom. The fourth-order valence-electron chi connectivity index (χ4n) is 2.26. The van der Waals surface area contributed by atoms with Crippen molar-refractivity contribution in [1.82, 2.24) is 9.71 Å². The number of pyridine rings is 1. The maximum atomic E-state index is 12.5. The van der Waals surface area contributed by atoms with Gasteiger partial charge in [0, 0.05) is 18.1 Å². The molecule has 0 aliphatic rings. The number of aromatic nitrogens is 1. The van der Waals surface area contributed by atoms with Crippen molar-refractivity contribution in [2.75, 3.05) is 0 Å². The van der Waals surface area contributed by atoms with Crippen molar-refractivity contribution in [1.29, 1.82) is 0 Å². The highest BCUT2D eigenvalue weighted by atomic mass is 32.2. The minimum absolute atomic E-state index is 0.206. The number of aryl methyl sites for hydroxylation is 1. The Morgan fingerprint density at radius 2 is 1.73 bits per heavy atom. The van der Waals surface area contributed by atoms with Gasteiger partial charge in [0.1, 0.15) is 4.90 Å². The van der Waals surface area contributed by atoms with E-state index < -0.39 is 10.0 Å². The first kappa shape index (κ1) is 14.7. The molecule has 5 heteroatoms. The maximum Gasteiger partial charge on any atom is 0.243 e. The van der Waals surface area contributed by atoms with Crippen LogP contribution in [-0.2, 0) is 16.6 Å². The van der Waals surface area contributed by atoms with Gasteiger partial charge in [-0.15, -0.1) is 0 Å². The van der Waals surface area contributed by atoms with E-state index in [0.717, 1.165) is 16.5 Å². The number of para-hydroxylation sites is 1. The molecule has 22 heavy (non-hydrogen) atoms. The number of benzene rings is 2. The van der Waals surface area contributed by atoms with Crippen molar-refractivity contribution in [2.24, 2.45) is 0 Å². The molecule has 0 atom stereocenters. The van der Waals surface area contributed by atoms with E-state index in [1.54, 1.807) is 24.4 Å². The van der Waals surface area contributed by atoms with Crippen LogP contribution in [0.25, 0.3) is 10.9 Å². The molecule has 0 fully saturated rings. The molecule has 0 radical (unpaired) electrons. The minimum Gasteiger partial charge on any atom is -0.255 e. The van der Waals surface area contributed by atoms with Crippen LogP contribution in [0.3, 0.4) is 0 Å². The van der Waals surface area contributed by atoms with Gasteiger partial charge in [0.05, 0.1) is 5.52 Å². The van der Waals surface area contributed by atoms with Crippen LogP contribution in [0.4, 0.5) is 0 Å². The molecule has 0 unspecified atom stereocenters. The lowest BCUT2D eigenvalue weighted by molar-refractivity contribution is 0.582. The number of rotatable bonds is 4. The fraction of sp³-hybridized carbons (Fsp3) is 0.118. The van der Waals surface area contributed by atoms with E-state index in [9.17, 15) is 8.42 Å². The van der Waals surface area contributed by atoms with Gasteiger partial charge in [-0.05, 0) is 24.6 Å². The zero-order valence-electron chi connectivity index (χ0n) is 12.2. The minimum atomic E-state index is -3.61. The van der Waals surface area contributed by atoms with Crippen LogP contribution in [0, 0.1) is 6.92 Å². The van der Waals surface area contributed by atoms with Gasteiger partial charge in [0.25, 0.3) is 0 Å². The van der Waals surface area contributed by atoms with E-state index in [2.05, 4.69) is 9.71 Å². The predicted octanol–water partition coefficient (Wildman–Crippen LogP) is 3.02. The SMILES string of the molecule is Cc1ccc(CNS(=O)(=O)c2cccc3cccnc23)cc1. The second-order valence-corrected chi connectivity index (χ2v) is 6.88. The smallest absolute Gasteiger partial charge is 0.243 e. The Labute approximate surface area is 129 Å². The summed E-state index contributed by atoms with van der Waals surface area (Å²) in [6, 6.07) is 16.5. The van der Waals surface area contributed by atoms with Crippen molar-refractivity contribution in [3.05, 3.63) is 71.9 Å². The summed E-state index contributed by atoms with van der Waals surface area (Å²) in [6.45, 7) is 2.25. The maximum absolute atomic E-state index is 12.5. The Kier molecular flexibility index (Phi) is 3.92. The summed E-state index contributed by atoms with van der Waals surface area (Å²) in [6.07, 6.45) is 1.60. The molecule has 0 aliphatic heterocycles. The van der Waals surface area contributed by atoms with Crippen LogP contribution >= 0.6 is 0 Å². The van der Waals surface area contributed by atoms with Crippen LogP contribution < -0.4 is 4.72 Å². The van der Waals surface area contributed by atoms with Gasteiger partial charge >= 0.3 is 0 Å². The molecular formula is C17H16N2O2S. The van der Waals surface area contributed by atoms with Crippen LogP contribution in [-0.4, -0.2) is 13.4 Å². The molecule has 3 aromatic rings. The van der Waals surface area contributed by atoms with Crippen LogP contribution in [0.2, 0.25) is 0 Å². The molecule has 0 bridgehead atoms. The lowest BCUT2D eigenvalue weighted by Crippen LogP contribution is -2.23. The standard InChI is InChI=1S/C17H16N2O2S/c1-13-7-9-14(10-8-13)12-19-22(20,21)16-6-2-4-15-5-3-11-18-17(15)16/h2-11,19H,12H2,1H3. The van der Waals surface area contributed by atoms with Crippen LogP contribution in [0.15, 0.2) is 65.7 Å². The third-order valence-electron chi connectivity index (χ3n) is 3.47. The van der Waals surface area contributed by atoms with E-state index in [4.69, 9.17) is 0 Å². The second kappa shape index (κ2) is 5.87. The number of sulfonamides is 1. The van der Waals surface area contributed by atoms with Crippen molar-refractivity contribution in [3.63, 3.8) is 0 Å².